The zero-order valence-electron chi connectivity index (χ0n) is 17.7. The highest BCUT2D eigenvalue weighted by Gasteiger charge is 2.44. The summed E-state index contributed by atoms with van der Waals surface area (Å²) in [5.74, 6) is -5.08. The van der Waals surface area contributed by atoms with Gasteiger partial charge in [-0.25, -0.2) is 13.6 Å². The first kappa shape index (κ1) is 25.1. The molecule has 1 heterocycles. The molecule has 1 aliphatic rings. The monoisotopic (exact) mass is 481 g/mol. The van der Waals surface area contributed by atoms with Gasteiger partial charge in [0.05, 0.1) is 6.07 Å². The Morgan fingerprint density at radius 2 is 1.76 bits per heavy atom. The first-order chi connectivity index (χ1) is 16.1. The highest BCUT2D eigenvalue weighted by molar-refractivity contribution is 5.83. The van der Waals surface area contributed by atoms with Crippen molar-refractivity contribution in [1.29, 1.82) is 5.26 Å². The Morgan fingerprint density at radius 1 is 1.09 bits per heavy atom. The second-order valence-corrected chi connectivity index (χ2v) is 7.75. The molecule has 0 bridgehead atoms. The molecule has 2 aromatic carbocycles. The average Bonchev–Trinajstić information content (AvgIpc) is 2.80. The van der Waals surface area contributed by atoms with Gasteiger partial charge >= 0.3 is 12.1 Å². The summed E-state index contributed by atoms with van der Waals surface area (Å²) in [6.45, 7) is -0.0391. The number of hydrogen-bond donors (Lipinski definition) is 1. The van der Waals surface area contributed by atoms with Crippen molar-refractivity contribution in [3.63, 3.8) is 0 Å². The Kier molecular flexibility index (Phi) is 7.83. The van der Waals surface area contributed by atoms with E-state index in [2.05, 4.69) is 10.2 Å². The molecule has 34 heavy (non-hydrogen) atoms. The van der Waals surface area contributed by atoms with Gasteiger partial charge in [0.15, 0.2) is 11.6 Å². The third-order valence-electron chi connectivity index (χ3n) is 5.31. The number of carbonyl (C=O) groups is 2. The van der Waals surface area contributed by atoms with Crippen LogP contribution in [0, 0.1) is 23.0 Å². The number of piperidine rings is 1. The molecular formula is C23H20F5N3O3. The summed E-state index contributed by atoms with van der Waals surface area (Å²) in [7, 11) is 0. The van der Waals surface area contributed by atoms with Gasteiger partial charge < -0.3 is 10.2 Å². The lowest BCUT2D eigenvalue weighted by atomic mass is 10.00. The molecular weight excluding hydrogens is 461 g/mol. The number of alkyl halides is 3. The zero-order valence-corrected chi connectivity index (χ0v) is 17.7. The van der Waals surface area contributed by atoms with E-state index in [1.165, 1.54) is 6.07 Å². The normalized spacial score (nSPS) is 17.5. The minimum Gasteiger partial charge on any atom is -0.360 e. The van der Waals surface area contributed by atoms with Crippen LogP contribution in [0.4, 0.5) is 22.0 Å². The second-order valence-electron chi connectivity index (χ2n) is 7.75. The number of rotatable bonds is 6. The van der Waals surface area contributed by atoms with Gasteiger partial charge in [0.2, 0.25) is 5.91 Å². The molecule has 0 saturated carbocycles. The molecule has 1 N–H and O–H groups in total. The van der Waals surface area contributed by atoms with Gasteiger partial charge in [-0.05, 0) is 48.1 Å². The fraction of sp³-hybridized carbons (Fsp3) is 0.348. The first-order valence-corrected chi connectivity index (χ1v) is 10.4. The largest absolute Gasteiger partial charge is 0.492 e. The lowest BCUT2D eigenvalue weighted by Crippen LogP contribution is -2.53. The molecule has 2 atom stereocenters. The number of carbonyl (C=O) groups excluding carboxylic acids is 2. The molecule has 6 nitrogen and oxygen atoms in total. The molecule has 1 aliphatic heterocycles. The standard InChI is InChI=1S/C23H20F5N3O3/c24-18-9-8-16(12-19(18)25)15-6-4-14(5-7-15)11-17(13-29)30-21(32)20-3-1-2-10-31(20)34-22(33)23(26,27)28/h4-9,12,17,20H,1-3,10-11H2,(H,30,32)/t17-,20-/m0/s1. The van der Waals surface area contributed by atoms with Crippen molar-refractivity contribution < 1.29 is 36.4 Å². The van der Waals surface area contributed by atoms with E-state index in [1.54, 1.807) is 24.3 Å². The highest BCUT2D eigenvalue weighted by Crippen LogP contribution is 2.24. The molecule has 0 spiro atoms. The number of nitriles is 1. The van der Waals surface area contributed by atoms with Crippen LogP contribution in [0.3, 0.4) is 0 Å². The fourth-order valence-corrected chi connectivity index (χ4v) is 3.58. The van der Waals surface area contributed by atoms with Crippen LogP contribution in [-0.4, -0.2) is 41.7 Å². The van der Waals surface area contributed by atoms with Gasteiger partial charge in [0.1, 0.15) is 12.1 Å². The van der Waals surface area contributed by atoms with Crippen molar-refractivity contribution in [3.05, 3.63) is 59.7 Å². The van der Waals surface area contributed by atoms with Gasteiger partial charge in [-0.1, -0.05) is 30.3 Å². The van der Waals surface area contributed by atoms with Crippen LogP contribution >= 0.6 is 0 Å². The van der Waals surface area contributed by atoms with Crippen LogP contribution in [0.5, 0.6) is 0 Å². The van der Waals surface area contributed by atoms with Crippen LogP contribution < -0.4 is 5.32 Å². The maximum absolute atomic E-state index is 13.5. The minimum absolute atomic E-state index is 0.0391. The van der Waals surface area contributed by atoms with E-state index < -0.39 is 41.8 Å². The van der Waals surface area contributed by atoms with Crippen LogP contribution in [0.2, 0.25) is 0 Å². The molecule has 2 aromatic rings. The van der Waals surface area contributed by atoms with Gasteiger partial charge in [-0.3, -0.25) is 4.79 Å². The summed E-state index contributed by atoms with van der Waals surface area (Å²) in [5.41, 5.74) is 1.73. The van der Waals surface area contributed by atoms with E-state index >= 15 is 0 Å². The van der Waals surface area contributed by atoms with E-state index in [0.29, 0.717) is 34.6 Å². The molecule has 1 saturated heterocycles. The number of amides is 1. The van der Waals surface area contributed by atoms with Crippen LogP contribution in [0.25, 0.3) is 11.1 Å². The molecule has 0 radical (unpaired) electrons. The number of benzene rings is 2. The molecule has 11 heteroatoms. The lowest BCUT2D eigenvalue weighted by Gasteiger charge is -2.33. The third kappa shape index (κ3) is 6.29. The third-order valence-corrected chi connectivity index (χ3v) is 5.31. The summed E-state index contributed by atoms with van der Waals surface area (Å²) in [4.78, 5) is 28.2. The second kappa shape index (κ2) is 10.6. The fourth-order valence-electron chi connectivity index (χ4n) is 3.58. The van der Waals surface area contributed by atoms with E-state index in [0.717, 1.165) is 12.1 Å². The van der Waals surface area contributed by atoms with Crippen molar-refractivity contribution >= 4 is 11.9 Å². The maximum Gasteiger partial charge on any atom is 0.492 e. The van der Waals surface area contributed by atoms with Gasteiger partial charge in [-0.2, -0.15) is 18.4 Å². The van der Waals surface area contributed by atoms with Gasteiger partial charge in [0, 0.05) is 13.0 Å². The van der Waals surface area contributed by atoms with E-state index in [1.807, 2.05) is 6.07 Å². The van der Waals surface area contributed by atoms with Crippen molar-refractivity contribution in [2.24, 2.45) is 0 Å². The van der Waals surface area contributed by atoms with Crippen molar-refractivity contribution in [2.45, 2.75) is 43.9 Å². The molecule has 1 amide bonds. The van der Waals surface area contributed by atoms with E-state index in [9.17, 15) is 36.8 Å². The summed E-state index contributed by atoms with van der Waals surface area (Å²) in [5, 5.41) is 12.6. The minimum atomic E-state index is -5.19. The number of halogens is 5. The Bertz CT molecular complexity index is 1080. The molecule has 0 aromatic heterocycles. The molecule has 180 valence electrons. The topological polar surface area (TPSA) is 82.4 Å². The molecule has 0 aliphatic carbocycles. The smallest absolute Gasteiger partial charge is 0.360 e. The number of nitrogens with one attached hydrogen (secondary N) is 1. The molecule has 3 rings (SSSR count). The summed E-state index contributed by atoms with van der Waals surface area (Å²) >= 11 is 0. The maximum atomic E-state index is 13.5. The van der Waals surface area contributed by atoms with Gasteiger partial charge in [0.25, 0.3) is 0 Å². The van der Waals surface area contributed by atoms with Gasteiger partial charge in [-0.15, -0.1) is 5.06 Å². The quantitative estimate of drug-likeness (QED) is 0.630. The predicted molar refractivity (Wildman–Crippen MR) is 110 cm³/mol. The van der Waals surface area contributed by atoms with Crippen molar-refractivity contribution in [3.8, 4) is 17.2 Å². The average molecular weight is 481 g/mol. The van der Waals surface area contributed by atoms with Crippen LogP contribution in [0.15, 0.2) is 42.5 Å². The molecule has 0 unspecified atom stereocenters. The summed E-state index contributed by atoms with van der Waals surface area (Å²) < 4.78 is 64.2. The Hall–Kier alpha value is -3.52. The Labute approximate surface area is 191 Å². The summed E-state index contributed by atoms with van der Waals surface area (Å²) in [6, 6.07) is 9.90. The number of nitrogens with zero attached hydrogens (tertiary/aromatic N) is 2. The molecule has 1 fully saturated rings. The zero-order chi connectivity index (χ0) is 24.9. The van der Waals surface area contributed by atoms with Crippen LogP contribution in [-0.2, 0) is 20.8 Å². The Balaban J connectivity index is 1.63. The summed E-state index contributed by atoms with van der Waals surface area (Å²) in [6.07, 6.45) is -3.95. The SMILES string of the molecule is N#C[C@H](Cc1ccc(-c2ccc(F)c(F)c2)cc1)NC(=O)[C@@H]1CCCCN1OC(=O)C(F)(F)F. The Morgan fingerprint density at radius 3 is 2.38 bits per heavy atom. The lowest BCUT2D eigenvalue weighted by molar-refractivity contribution is -0.248. The predicted octanol–water partition coefficient (Wildman–Crippen LogP) is 4.06. The number of hydroxylamine groups is 2. The van der Waals surface area contributed by atoms with E-state index in [4.69, 9.17) is 0 Å². The van der Waals surface area contributed by atoms with Crippen molar-refractivity contribution in [1.82, 2.24) is 10.4 Å². The van der Waals surface area contributed by atoms with E-state index in [-0.39, 0.29) is 19.4 Å². The highest BCUT2D eigenvalue weighted by atomic mass is 19.4. The van der Waals surface area contributed by atoms with Crippen molar-refractivity contribution in [2.75, 3.05) is 6.54 Å². The number of hydrogen-bond acceptors (Lipinski definition) is 5. The first-order valence-electron chi connectivity index (χ1n) is 10.4. The van der Waals surface area contributed by atoms with Crippen LogP contribution in [0.1, 0.15) is 24.8 Å².